The van der Waals surface area contributed by atoms with Gasteiger partial charge in [-0.25, -0.2) is 0 Å². The molecule has 4 fully saturated rings. The van der Waals surface area contributed by atoms with Crippen LogP contribution in [0.15, 0.2) is 99.6 Å². The molecule has 0 aliphatic heterocycles. The van der Waals surface area contributed by atoms with Crippen LogP contribution in [0.4, 0.5) is 0 Å². The van der Waals surface area contributed by atoms with Gasteiger partial charge in [0.15, 0.2) is 14.7 Å². The Kier molecular flexibility index (Phi) is 8.24. The van der Waals surface area contributed by atoms with Crippen LogP contribution in [0, 0.1) is 23.2 Å². The highest BCUT2D eigenvalue weighted by Gasteiger charge is 2.51. The molecule has 4 heteroatoms. The molecular weight excluding hydrogens is 476 g/mol. The molecule has 3 aromatic carbocycles. The molecule has 4 aliphatic carbocycles. The van der Waals surface area contributed by atoms with Gasteiger partial charge in [0.25, 0.3) is 0 Å². The standard InChI is InChI=1S/C22H23OS.C11H16O2/c1-2-3-18-23-19-14-16-22(17-15-19)24(20-10-6-4-7-11-20)21-12-8-5-9-13-21;12-10(13)11-4-7-1-8(5-11)3-9(2-7)6-11/h4-17H,2-3,18H2,1H3;7-9H,1-6H2,(H,12,13)/q+1;/p-1. The molecular formula is C33H38O3S. The number of carboxylic acid groups (broad SMARTS) is 1. The molecule has 4 saturated carbocycles. The van der Waals surface area contributed by atoms with Gasteiger partial charge in [-0.1, -0.05) is 49.7 Å². The Hall–Kier alpha value is -2.72. The number of rotatable bonds is 8. The largest absolute Gasteiger partial charge is 0.550 e. The third kappa shape index (κ3) is 6.06. The quantitative estimate of drug-likeness (QED) is 0.242. The molecule has 4 bridgehead atoms. The van der Waals surface area contributed by atoms with Crippen LogP contribution in [-0.4, -0.2) is 12.6 Å². The predicted octanol–water partition coefficient (Wildman–Crippen LogP) is 6.91. The number of carboxylic acids is 1. The van der Waals surface area contributed by atoms with E-state index in [4.69, 9.17) is 4.74 Å². The summed E-state index contributed by atoms with van der Waals surface area (Å²) in [5.74, 6) is 2.33. The number of benzene rings is 3. The topological polar surface area (TPSA) is 49.4 Å². The fourth-order valence-electron chi connectivity index (χ4n) is 6.89. The van der Waals surface area contributed by atoms with E-state index in [0.29, 0.717) is 17.8 Å². The highest BCUT2D eigenvalue weighted by atomic mass is 32.2. The van der Waals surface area contributed by atoms with Gasteiger partial charge in [0, 0.05) is 11.4 Å². The van der Waals surface area contributed by atoms with Crippen LogP contribution < -0.4 is 9.84 Å². The van der Waals surface area contributed by atoms with Crippen LogP contribution in [0.25, 0.3) is 0 Å². The van der Waals surface area contributed by atoms with Crippen molar-refractivity contribution in [1.29, 1.82) is 0 Å². The molecule has 0 atom stereocenters. The summed E-state index contributed by atoms with van der Waals surface area (Å²) in [7, 11) is -0.0858. The summed E-state index contributed by atoms with van der Waals surface area (Å²) in [5, 5.41) is 11.1. The third-order valence-corrected chi connectivity index (χ3v) is 10.5. The normalized spacial score (nSPS) is 25.4. The Morgan fingerprint density at radius 3 is 1.68 bits per heavy atom. The third-order valence-electron chi connectivity index (χ3n) is 8.26. The monoisotopic (exact) mass is 514 g/mol. The minimum atomic E-state index is -0.758. The van der Waals surface area contributed by atoms with Gasteiger partial charge in [-0.05, 0) is 111 Å². The van der Waals surface area contributed by atoms with E-state index >= 15 is 0 Å². The highest BCUT2D eigenvalue weighted by molar-refractivity contribution is 7.97. The van der Waals surface area contributed by atoms with E-state index in [0.717, 1.165) is 44.5 Å². The lowest BCUT2D eigenvalue weighted by Gasteiger charge is -2.57. The van der Waals surface area contributed by atoms with Crippen LogP contribution in [0.1, 0.15) is 58.3 Å². The van der Waals surface area contributed by atoms with E-state index in [1.54, 1.807) is 0 Å². The van der Waals surface area contributed by atoms with Crippen molar-refractivity contribution in [1.82, 2.24) is 0 Å². The molecule has 37 heavy (non-hydrogen) atoms. The molecule has 0 radical (unpaired) electrons. The predicted molar refractivity (Wildman–Crippen MR) is 148 cm³/mol. The first-order valence-corrected chi connectivity index (χ1v) is 15.1. The Bertz CT molecular complexity index is 1070. The summed E-state index contributed by atoms with van der Waals surface area (Å²) < 4.78 is 5.80. The van der Waals surface area contributed by atoms with Crippen LogP contribution in [0.5, 0.6) is 5.75 Å². The fraction of sp³-hybridized carbons (Fsp3) is 0.424. The maximum atomic E-state index is 11.1. The smallest absolute Gasteiger partial charge is 0.166 e. The van der Waals surface area contributed by atoms with E-state index < -0.39 is 11.4 Å². The second kappa shape index (κ2) is 11.8. The van der Waals surface area contributed by atoms with Gasteiger partial charge in [0.05, 0.1) is 17.5 Å². The Morgan fingerprint density at radius 1 is 0.784 bits per heavy atom. The number of ether oxygens (including phenoxy) is 1. The van der Waals surface area contributed by atoms with Gasteiger partial charge < -0.3 is 14.6 Å². The number of hydrogen-bond acceptors (Lipinski definition) is 3. The lowest BCUT2D eigenvalue weighted by Crippen LogP contribution is -2.54. The summed E-state index contributed by atoms with van der Waals surface area (Å²) in [5.41, 5.74) is -0.394. The zero-order chi connectivity index (χ0) is 25.7. The first kappa shape index (κ1) is 25.9. The molecule has 194 valence electrons. The van der Waals surface area contributed by atoms with Gasteiger partial charge in [-0.15, -0.1) is 0 Å². The molecule has 3 nitrogen and oxygen atoms in total. The Morgan fingerprint density at radius 2 is 1.24 bits per heavy atom. The number of hydrogen-bond donors (Lipinski definition) is 0. The minimum Gasteiger partial charge on any atom is -0.550 e. The summed E-state index contributed by atoms with van der Waals surface area (Å²) in [6.45, 7) is 2.97. The Labute approximate surface area is 224 Å². The molecule has 0 unspecified atom stereocenters. The first-order valence-electron chi connectivity index (χ1n) is 13.8. The van der Waals surface area contributed by atoms with E-state index in [1.165, 1.54) is 33.9 Å². The van der Waals surface area contributed by atoms with Gasteiger partial charge in [0.2, 0.25) is 0 Å². The number of carbonyl (C=O) groups excluding carboxylic acids is 1. The summed E-state index contributed by atoms with van der Waals surface area (Å²) in [6.07, 6.45) is 8.90. The van der Waals surface area contributed by atoms with E-state index in [2.05, 4.69) is 91.9 Å². The second-order valence-electron chi connectivity index (χ2n) is 11.1. The molecule has 3 aromatic rings. The van der Waals surface area contributed by atoms with Crippen molar-refractivity contribution in [2.75, 3.05) is 6.61 Å². The van der Waals surface area contributed by atoms with Crippen molar-refractivity contribution in [3.8, 4) is 5.75 Å². The van der Waals surface area contributed by atoms with E-state index in [9.17, 15) is 9.90 Å². The summed E-state index contributed by atoms with van der Waals surface area (Å²) in [4.78, 5) is 15.1. The number of unbranched alkanes of at least 4 members (excludes halogenated alkanes) is 1. The fourth-order valence-corrected chi connectivity index (χ4v) is 8.97. The number of carbonyl (C=O) groups is 1. The average Bonchev–Trinajstić information content (AvgIpc) is 2.91. The van der Waals surface area contributed by atoms with Crippen molar-refractivity contribution in [2.45, 2.75) is 73.0 Å². The first-order chi connectivity index (χ1) is 18.1. The molecule has 0 N–H and O–H groups in total. The van der Waals surface area contributed by atoms with Crippen molar-refractivity contribution in [3.63, 3.8) is 0 Å². The number of aliphatic carboxylic acids is 1. The maximum absolute atomic E-state index is 11.1. The molecule has 0 heterocycles. The van der Waals surface area contributed by atoms with Gasteiger partial charge in [-0.2, -0.15) is 0 Å². The summed E-state index contributed by atoms with van der Waals surface area (Å²) >= 11 is 0. The maximum Gasteiger partial charge on any atom is 0.166 e. The van der Waals surface area contributed by atoms with Crippen LogP contribution in [0.3, 0.4) is 0 Å². The lowest BCUT2D eigenvalue weighted by atomic mass is 9.49. The molecule has 0 aromatic heterocycles. The van der Waals surface area contributed by atoms with Crippen LogP contribution in [0.2, 0.25) is 0 Å². The molecule has 0 spiro atoms. The Balaban J connectivity index is 0.000000179. The SMILES string of the molecule is CCCCOc1ccc([S+](c2ccccc2)c2ccccc2)cc1.O=C([O-])C12CC3CC(CC(C3)C1)C2. The van der Waals surface area contributed by atoms with Crippen molar-refractivity contribution in [3.05, 3.63) is 84.9 Å². The van der Waals surface area contributed by atoms with Crippen LogP contribution >= 0.6 is 0 Å². The highest BCUT2D eigenvalue weighted by Crippen LogP contribution is 2.59. The van der Waals surface area contributed by atoms with Gasteiger partial charge in [-0.3, -0.25) is 0 Å². The van der Waals surface area contributed by atoms with Crippen LogP contribution in [-0.2, 0) is 15.7 Å². The van der Waals surface area contributed by atoms with Gasteiger partial charge in [0.1, 0.15) is 5.75 Å². The second-order valence-corrected chi connectivity index (χ2v) is 13.1. The molecule has 7 rings (SSSR count). The van der Waals surface area contributed by atoms with E-state index in [-0.39, 0.29) is 10.9 Å². The molecule has 0 amide bonds. The summed E-state index contributed by atoms with van der Waals surface area (Å²) in [6, 6.07) is 30.0. The van der Waals surface area contributed by atoms with Crippen molar-refractivity contribution >= 4 is 16.9 Å². The zero-order valence-electron chi connectivity index (χ0n) is 21.8. The minimum absolute atomic E-state index is 0.0858. The van der Waals surface area contributed by atoms with Crippen molar-refractivity contribution < 1.29 is 14.6 Å². The van der Waals surface area contributed by atoms with E-state index in [1.807, 2.05) is 0 Å². The average molecular weight is 515 g/mol. The van der Waals surface area contributed by atoms with Crippen molar-refractivity contribution in [2.24, 2.45) is 23.2 Å². The molecule has 4 aliphatic rings. The van der Waals surface area contributed by atoms with Gasteiger partial charge >= 0.3 is 0 Å². The lowest BCUT2D eigenvalue weighted by molar-refractivity contribution is -0.327. The zero-order valence-corrected chi connectivity index (χ0v) is 22.6. The molecule has 0 saturated heterocycles.